The highest BCUT2D eigenvalue weighted by molar-refractivity contribution is 9.11. The molecule has 0 radical (unpaired) electrons. The minimum atomic E-state index is -3.37. The first-order valence-electron chi connectivity index (χ1n) is 17.8. The van der Waals surface area contributed by atoms with E-state index < -0.39 is 56.5 Å². The molecule has 0 aliphatic rings. The van der Waals surface area contributed by atoms with Gasteiger partial charge in [0.25, 0.3) is 0 Å². The smallest absolute Gasteiger partial charge is 0.235 e. The highest BCUT2D eigenvalue weighted by Crippen LogP contribution is 2.29. The Labute approximate surface area is 359 Å². The lowest BCUT2D eigenvalue weighted by Crippen LogP contribution is -2.22. The summed E-state index contributed by atoms with van der Waals surface area (Å²) in [7, 11) is -6.70. The Morgan fingerprint density at radius 3 is 1.58 bits per heavy atom. The van der Waals surface area contributed by atoms with E-state index in [1.165, 1.54) is 0 Å². The molecule has 59 heavy (non-hydrogen) atoms. The lowest BCUT2D eigenvalue weighted by molar-refractivity contribution is -0.125. The van der Waals surface area contributed by atoms with Crippen molar-refractivity contribution < 1.29 is 45.5 Å². The lowest BCUT2D eigenvalue weighted by atomic mass is 10.2. The Bertz CT molecular complexity index is 2280. The minimum Gasteiger partial charge on any atom is -0.491 e. The fourth-order valence-corrected chi connectivity index (χ4v) is 7.21. The number of nitrogens with zero attached hydrogens (tertiary/aromatic N) is 2. The summed E-state index contributed by atoms with van der Waals surface area (Å²) in [6.45, 7) is 9.10. The average Bonchev–Trinajstić information content (AvgIpc) is 3.73. The zero-order valence-corrected chi connectivity index (χ0v) is 37.9. The van der Waals surface area contributed by atoms with Crippen molar-refractivity contribution in [2.75, 3.05) is 47.0 Å². The molecular weight excluding hydrogens is 913 g/mol. The molecule has 0 aliphatic heterocycles. The van der Waals surface area contributed by atoms with Crippen LogP contribution in [0.15, 0.2) is 57.7 Å². The summed E-state index contributed by atoms with van der Waals surface area (Å²) in [5, 5.41) is 12.6. The molecule has 4 rings (SSSR count). The van der Waals surface area contributed by atoms with Gasteiger partial charge in [-0.2, -0.15) is 0 Å². The number of aromatic nitrogens is 2. The number of halogens is 1. The number of hydrogen-bond donors (Lipinski definition) is 6. The first-order valence-corrected chi connectivity index (χ1v) is 24.0. The molecule has 0 spiro atoms. The topological polar surface area (TPSA) is 253 Å². The normalized spacial score (nSPS) is 11.3. The maximum Gasteiger partial charge on any atom is 0.235 e. The van der Waals surface area contributed by atoms with Gasteiger partial charge in [0.2, 0.25) is 43.7 Å². The standard InChI is InChI=1S/C18H23BrN4O5S2.C18H24N4O5S2/c1-11(2)10-28-14-7-5-4-6-12(14)21-15(24)8-16(25)23-18-22-13(17(19)29-18)9-20-30(3,26)27;1-12(2)10-27-15-7-5-4-6-14(15)21-16(23)8-17(24)22-18-20-13(11-28-18)9-19-29(3,25)26/h4-7,11,20H,8-10H2,1-3H3,(H,21,24)(H,22,23,25);4-7,11-12,19H,8-10H2,1-3H3,(H,21,23)(H,20,22,24). The van der Waals surface area contributed by atoms with Gasteiger partial charge >= 0.3 is 0 Å². The molecule has 322 valence electrons. The van der Waals surface area contributed by atoms with Gasteiger partial charge in [0.15, 0.2) is 10.3 Å². The van der Waals surface area contributed by atoms with Gasteiger partial charge in [-0.1, -0.05) is 63.3 Å². The van der Waals surface area contributed by atoms with Gasteiger partial charge in [-0.3, -0.25) is 19.2 Å². The third-order valence-electron chi connectivity index (χ3n) is 6.82. The van der Waals surface area contributed by atoms with Crippen LogP contribution in [0.2, 0.25) is 0 Å². The van der Waals surface area contributed by atoms with Crippen molar-refractivity contribution in [3.8, 4) is 11.5 Å². The van der Waals surface area contributed by atoms with E-state index in [2.05, 4.69) is 56.6 Å². The molecule has 4 aromatic rings. The zero-order chi connectivity index (χ0) is 43.8. The van der Waals surface area contributed by atoms with Crippen LogP contribution in [-0.2, 0) is 52.3 Å². The van der Waals surface area contributed by atoms with E-state index in [1.807, 2.05) is 27.7 Å². The molecule has 2 aromatic heterocycles. The second-order valence-electron chi connectivity index (χ2n) is 13.5. The number of nitrogens with one attached hydrogen (secondary N) is 6. The van der Waals surface area contributed by atoms with E-state index >= 15 is 0 Å². The van der Waals surface area contributed by atoms with Crippen LogP contribution in [0.4, 0.5) is 21.6 Å². The van der Waals surface area contributed by atoms with Crippen LogP contribution in [-0.4, -0.2) is 76.2 Å². The lowest BCUT2D eigenvalue weighted by Gasteiger charge is -2.13. The summed E-state index contributed by atoms with van der Waals surface area (Å²) in [5.41, 5.74) is 1.88. The third-order valence-corrected chi connectivity index (χ3v) is 10.7. The number of para-hydroxylation sites is 4. The predicted molar refractivity (Wildman–Crippen MR) is 233 cm³/mol. The summed E-state index contributed by atoms with van der Waals surface area (Å²) >= 11 is 5.54. The zero-order valence-electron chi connectivity index (χ0n) is 33.1. The number of amides is 4. The van der Waals surface area contributed by atoms with Crippen molar-refractivity contribution in [2.24, 2.45) is 11.8 Å². The largest absolute Gasteiger partial charge is 0.491 e. The molecule has 0 aliphatic carbocycles. The van der Waals surface area contributed by atoms with Crippen LogP contribution in [0.5, 0.6) is 11.5 Å². The number of benzene rings is 2. The van der Waals surface area contributed by atoms with E-state index in [4.69, 9.17) is 9.47 Å². The van der Waals surface area contributed by atoms with E-state index in [0.29, 0.717) is 63.1 Å². The Kier molecular flexibility index (Phi) is 19.3. The Hall–Kier alpha value is -4.52. The van der Waals surface area contributed by atoms with Gasteiger partial charge < -0.3 is 30.7 Å². The SMILES string of the molecule is CC(C)COc1ccccc1NC(=O)CC(=O)Nc1nc(CNS(C)(=O)=O)c(Br)s1.CC(C)COc1ccccc1NC(=O)CC(=O)Nc1nc(CNS(C)(=O)=O)cs1. The van der Waals surface area contributed by atoms with Gasteiger partial charge in [-0.15, -0.1) is 11.3 Å². The fourth-order valence-electron chi connectivity index (χ4n) is 4.26. The second-order valence-corrected chi connectivity index (χ2v) is 20.4. The van der Waals surface area contributed by atoms with Gasteiger partial charge in [-0.05, 0) is 52.0 Å². The monoisotopic (exact) mass is 958 g/mol. The van der Waals surface area contributed by atoms with Crippen LogP contribution in [0.3, 0.4) is 0 Å². The number of thiazole rings is 2. The summed E-state index contributed by atoms with van der Waals surface area (Å²) in [5.74, 6) is -0.321. The third kappa shape index (κ3) is 19.9. The van der Waals surface area contributed by atoms with E-state index in [9.17, 15) is 36.0 Å². The molecule has 23 heteroatoms. The van der Waals surface area contributed by atoms with Crippen molar-refractivity contribution in [3.63, 3.8) is 0 Å². The predicted octanol–water partition coefficient (Wildman–Crippen LogP) is 5.15. The number of rotatable bonds is 20. The number of sulfonamides is 2. The second kappa shape index (κ2) is 23.3. The Morgan fingerprint density at radius 2 is 1.10 bits per heavy atom. The molecule has 0 atom stereocenters. The first kappa shape index (κ1) is 48.8. The molecule has 4 amide bonds. The van der Waals surface area contributed by atoms with Crippen molar-refractivity contribution in [1.82, 2.24) is 19.4 Å². The quantitative estimate of drug-likeness (QED) is 0.0630. The van der Waals surface area contributed by atoms with E-state index in [1.54, 1.807) is 53.9 Å². The highest BCUT2D eigenvalue weighted by Gasteiger charge is 2.17. The van der Waals surface area contributed by atoms with Crippen LogP contribution >= 0.6 is 38.6 Å². The number of anilines is 4. The van der Waals surface area contributed by atoms with Gasteiger partial charge in [-0.25, -0.2) is 36.2 Å². The number of carbonyl (C=O) groups is 4. The maximum absolute atomic E-state index is 12.3. The highest BCUT2D eigenvalue weighted by atomic mass is 79.9. The maximum atomic E-state index is 12.3. The summed E-state index contributed by atoms with van der Waals surface area (Å²) in [4.78, 5) is 57.0. The minimum absolute atomic E-state index is 0.0144. The molecule has 0 bridgehead atoms. The fraction of sp³-hybridized carbons (Fsp3) is 0.389. The number of carbonyl (C=O) groups excluding carboxylic acids is 4. The summed E-state index contributed by atoms with van der Waals surface area (Å²) < 4.78 is 61.2. The molecule has 2 heterocycles. The van der Waals surface area contributed by atoms with Crippen molar-refractivity contribution in [3.05, 3.63) is 69.1 Å². The van der Waals surface area contributed by atoms with Gasteiger partial charge in [0, 0.05) is 5.38 Å². The van der Waals surface area contributed by atoms with E-state index in [-0.39, 0.29) is 23.4 Å². The molecule has 0 fully saturated rings. The Morgan fingerprint density at radius 1 is 0.661 bits per heavy atom. The van der Waals surface area contributed by atoms with Crippen molar-refractivity contribution >= 4 is 104 Å². The summed E-state index contributed by atoms with van der Waals surface area (Å²) in [6.07, 6.45) is 1.29. The van der Waals surface area contributed by atoms with Crippen LogP contribution in [0.1, 0.15) is 51.9 Å². The first-order chi connectivity index (χ1) is 27.7. The van der Waals surface area contributed by atoms with Crippen LogP contribution in [0, 0.1) is 11.8 Å². The van der Waals surface area contributed by atoms with E-state index in [0.717, 1.165) is 35.2 Å². The van der Waals surface area contributed by atoms with Gasteiger partial charge in [0.05, 0.1) is 65.4 Å². The molecule has 0 saturated carbocycles. The van der Waals surface area contributed by atoms with Gasteiger partial charge in [0.1, 0.15) is 24.3 Å². The molecule has 0 unspecified atom stereocenters. The molecule has 2 aromatic carbocycles. The summed E-state index contributed by atoms with van der Waals surface area (Å²) in [6, 6.07) is 14.0. The molecule has 6 N–H and O–H groups in total. The number of hydrogen-bond acceptors (Lipinski definition) is 14. The average molecular weight is 960 g/mol. The van der Waals surface area contributed by atoms with Crippen LogP contribution < -0.4 is 40.2 Å². The molecular formula is C36H47BrN8O10S4. The van der Waals surface area contributed by atoms with Crippen LogP contribution in [0.25, 0.3) is 0 Å². The van der Waals surface area contributed by atoms with Crippen molar-refractivity contribution in [1.29, 1.82) is 0 Å². The Balaban J connectivity index is 0.000000316. The molecule has 18 nitrogen and oxygen atoms in total. The van der Waals surface area contributed by atoms with Crippen molar-refractivity contribution in [2.45, 2.75) is 53.6 Å². The molecule has 0 saturated heterocycles. The number of ether oxygens (including phenoxy) is 2.